The van der Waals surface area contributed by atoms with Gasteiger partial charge in [0, 0.05) is 10.6 Å². The standard InChI is InChI=1S/C14H14F3NOS/c1-2-12(13-4-3-9-20-13)18-10-5-7-11(8-6-10)19-14(15,16)17/h3-9,12,18H,2H2,1H3. The summed E-state index contributed by atoms with van der Waals surface area (Å²) in [5, 5.41) is 5.29. The quantitative estimate of drug-likeness (QED) is 0.818. The zero-order valence-corrected chi connectivity index (χ0v) is 11.6. The van der Waals surface area contributed by atoms with E-state index in [1.54, 1.807) is 23.5 Å². The number of thiophene rings is 1. The van der Waals surface area contributed by atoms with Gasteiger partial charge in [-0.15, -0.1) is 24.5 Å². The number of nitrogens with one attached hydrogen (secondary N) is 1. The minimum absolute atomic E-state index is 0.157. The first kappa shape index (κ1) is 14.7. The Hall–Kier alpha value is -1.69. The van der Waals surface area contributed by atoms with Crippen molar-refractivity contribution in [2.75, 3.05) is 5.32 Å². The van der Waals surface area contributed by atoms with Crippen LogP contribution in [0.25, 0.3) is 0 Å². The normalized spacial score (nSPS) is 13.0. The zero-order chi connectivity index (χ0) is 14.6. The molecule has 0 aliphatic carbocycles. The maximum absolute atomic E-state index is 12.1. The zero-order valence-electron chi connectivity index (χ0n) is 10.8. The van der Waals surface area contributed by atoms with Gasteiger partial charge < -0.3 is 10.1 Å². The van der Waals surface area contributed by atoms with E-state index in [0.29, 0.717) is 0 Å². The minimum atomic E-state index is -4.65. The number of alkyl halides is 3. The van der Waals surface area contributed by atoms with Crippen LogP contribution in [-0.4, -0.2) is 6.36 Å². The van der Waals surface area contributed by atoms with Crippen molar-refractivity contribution in [3.63, 3.8) is 0 Å². The lowest BCUT2D eigenvalue weighted by atomic mass is 10.1. The van der Waals surface area contributed by atoms with Gasteiger partial charge in [0.15, 0.2) is 0 Å². The van der Waals surface area contributed by atoms with Crippen LogP contribution in [0.15, 0.2) is 41.8 Å². The Morgan fingerprint density at radius 1 is 1.20 bits per heavy atom. The number of ether oxygens (including phenoxy) is 1. The third-order valence-corrected chi connectivity index (χ3v) is 3.71. The summed E-state index contributed by atoms with van der Waals surface area (Å²) >= 11 is 1.65. The Morgan fingerprint density at radius 2 is 1.90 bits per heavy atom. The molecule has 1 N–H and O–H groups in total. The van der Waals surface area contributed by atoms with Crippen molar-refractivity contribution >= 4 is 17.0 Å². The molecule has 0 bridgehead atoms. The Kier molecular flexibility index (Phi) is 4.54. The first-order valence-electron chi connectivity index (χ1n) is 6.13. The third kappa shape index (κ3) is 4.16. The molecule has 6 heteroatoms. The molecular weight excluding hydrogens is 287 g/mol. The summed E-state index contributed by atoms with van der Waals surface area (Å²) < 4.78 is 40.0. The highest BCUT2D eigenvalue weighted by Crippen LogP contribution is 2.28. The van der Waals surface area contributed by atoms with Crippen molar-refractivity contribution < 1.29 is 17.9 Å². The molecule has 0 amide bonds. The monoisotopic (exact) mass is 301 g/mol. The van der Waals surface area contributed by atoms with E-state index < -0.39 is 6.36 Å². The number of halogens is 3. The minimum Gasteiger partial charge on any atom is -0.406 e. The van der Waals surface area contributed by atoms with Crippen LogP contribution in [0.2, 0.25) is 0 Å². The fraction of sp³-hybridized carbons (Fsp3) is 0.286. The van der Waals surface area contributed by atoms with Crippen molar-refractivity contribution in [3.8, 4) is 5.75 Å². The Labute approximate surface area is 119 Å². The van der Waals surface area contributed by atoms with Crippen LogP contribution in [-0.2, 0) is 0 Å². The topological polar surface area (TPSA) is 21.3 Å². The summed E-state index contributed by atoms with van der Waals surface area (Å²) in [6, 6.07) is 9.93. The molecule has 0 spiro atoms. The maximum atomic E-state index is 12.1. The number of rotatable bonds is 5. The highest BCUT2D eigenvalue weighted by atomic mass is 32.1. The second-order valence-electron chi connectivity index (χ2n) is 4.19. The summed E-state index contributed by atoms with van der Waals surface area (Å²) in [6.45, 7) is 2.05. The molecule has 0 saturated carbocycles. The molecule has 1 heterocycles. The average molecular weight is 301 g/mol. The van der Waals surface area contributed by atoms with Gasteiger partial charge in [-0.2, -0.15) is 0 Å². The van der Waals surface area contributed by atoms with Crippen molar-refractivity contribution in [1.82, 2.24) is 0 Å². The van der Waals surface area contributed by atoms with Crippen LogP contribution >= 0.6 is 11.3 Å². The molecule has 0 aliphatic heterocycles. The molecule has 0 saturated heterocycles. The predicted molar refractivity (Wildman–Crippen MR) is 74.1 cm³/mol. The summed E-state index contributed by atoms with van der Waals surface area (Å²) in [5.41, 5.74) is 0.764. The molecule has 1 aromatic heterocycles. The van der Waals surface area contributed by atoms with Gasteiger partial charge in [-0.1, -0.05) is 13.0 Å². The number of hydrogen-bond donors (Lipinski definition) is 1. The molecule has 2 nitrogen and oxygen atoms in total. The smallest absolute Gasteiger partial charge is 0.406 e. The lowest BCUT2D eigenvalue weighted by molar-refractivity contribution is -0.274. The van der Waals surface area contributed by atoms with Gasteiger partial charge in [0.1, 0.15) is 5.75 Å². The number of anilines is 1. The first-order chi connectivity index (χ1) is 9.48. The summed E-state index contributed by atoms with van der Waals surface area (Å²) in [5.74, 6) is -0.216. The van der Waals surface area contributed by atoms with Gasteiger partial charge in [0.25, 0.3) is 0 Å². The summed E-state index contributed by atoms with van der Waals surface area (Å²) in [7, 11) is 0. The second kappa shape index (κ2) is 6.17. The first-order valence-corrected chi connectivity index (χ1v) is 7.01. The molecule has 2 rings (SSSR count). The van der Waals surface area contributed by atoms with E-state index >= 15 is 0 Å². The Morgan fingerprint density at radius 3 is 2.40 bits per heavy atom. The van der Waals surface area contributed by atoms with Crippen LogP contribution in [0.1, 0.15) is 24.3 Å². The molecule has 1 atom stereocenters. The molecular formula is C14H14F3NOS. The van der Waals surface area contributed by atoms with E-state index in [1.165, 1.54) is 17.0 Å². The Balaban J connectivity index is 2.03. The van der Waals surface area contributed by atoms with E-state index in [0.717, 1.165) is 12.1 Å². The summed E-state index contributed by atoms with van der Waals surface area (Å²) in [6.07, 6.45) is -3.76. The molecule has 0 radical (unpaired) electrons. The highest BCUT2D eigenvalue weighted by molar-refractivity contribution is 7.10. The second-order valence-corrected chi connectivity index (χ2v) is 5.17. The van der Waals surface area contributed by atoms with Gasteiger partial charge in [0.2, 0.25) is 0 Å². The van der Waals surface area contributed by atoms with Gasteiger partial charge in [-0.3, -0.25) is 0 Å². The molecule has 108 valence electrons. The lowest BCUT2D eigenvalue weighted by Gasteiger charge is -2.17. The number of hydrogen-bond acceptors (Lipinski definition) is 3. The van der Waals surface area contributed by atoms with E-state index in [2.05, 4.69) is 17.0 Å². The van der Waals surface area contributed by atoms with Crippen LogP contribution in [0, 0.1) is 0 Å². The molecule has 0 aliphatic rings. The van der Waals surface area contributed by atoms with Gasteiger partial charge in [-0.25, -0.2) is 0 Å². The SMILES string of the molecule is CCC(Nc1ccc(OC(F)(F)F)cc1)c1cccs1. The van der Waals surface area contributed by atoms with Gasteiger partial charge >= 0.3 is 6.36 Å². The van der Waals surface area contributed by atoms with E-state index in [9.17, 15) is 13.2 Å². The van der Waals surface area contributed by atoms with Crippen molar-refractivity contribution in [1.29, 1.82) is 0 Å². The van der Waals surface area contributed by atoms with E-state index in [4.69, 9.17) is 0 Å². The largest absolute Gasteiger partial charge is 0.573 e. The van der Waals surface area contributed by atoms with E-state index in [-0.39, 0.29) is 11.8 Å². The van der Waals surface area contributed by atoms with Gasteiger partial charge in [0.05, 0.1) is 6.04 Å². The Bertz CT molecular complexity index is 522. The van der Waals surface area contributed by atoms with E-state index in [1.807, 2.05) is 17.5 Å². The van der Waals surface area contributed by atoms with Crippen molar-refractivity contribution in [3.05, 3.63) is 46.7 Å². The predicted octanol–water partition coefficient (Wildman–Crippen LogP) is 5.21. The fourth-order valence-electron chi connectivity index (χ4n) is 1.82. The van der Waals surface area contributed by atoms with Gasteiger partial charge in [-0.05, 0) is 42.1 Å². The third-order valence-electron chi connectivity index (χ3n) is 2.72. The average Bonchev–Trinajstić information content (AvgIpc) is 2.90. The maximum Gasteiger partial charge on any atom is 0.573 e. The summed E-state index contributed by atoms with van der Waals surface area (Å²) in [4.78, 5) is 1.20. The highest BCUT2D eigenvalue weighted by Gasteiger charge is 2.30. The van der Waals surface area contributed by atoms with Crippen molar-refractivity contribution in [2.45, 2.75) is 25.7 Å². The molecule has 20 heavy (non-hydrogen) atoms. The molecule has 2 aromatic rings. The van der Waals surface area contributed by atoms with Crippen molar-refractivity contribution in [2.24, 2.45) is 0 Å². The lowest BCUT2D eigenvalue weighted by Crippen LogP contribution is -2.17. The molecule has 1 aromatic carbocycles. The fourth-order valence-corrected chi connectivity index (χ4v) is 2.68. The number of benzene rings is 1. The van der Waals surface area contributed by atoms with Crippen LogP contribution < -0.4 is 10.1 Å². The molecule has 1 unspecified atom stereocenters. The van der Waals surface area contributed by atoms with Crippen LogP contribution in [0.3, 0.4) is 0 Å². The molecule has 0 fully saturated rings. The van der Waals surface area contributed by atoms with Crippen LogP contribution in [0.5, 0.6) is 5.75 Å². The van der Waals surface area contributed by atoms with Crippen LogP contribution in [0.4, 0.5) is 18.9 Å².